The zero-order valence-corrected chi connectivity index (χ0v) is 17.2. The third kappa shape index (κ3) is 3.31. The minimum absolute atomic E-state index is 0.0357. The average Bonchev–Trinajstić information content (AvgIpc) is 3.43. The standard InChI is InChI=1S/C23H20N4O2S/c1-2-20(22(28)24-14-15-8-7-13-29-15)30-23-26-17-10-4-3-9-16(17)21-25-18-11-5-6-12-19(18)27(21)23/h3-13,20H,2,14H2,1H3,(H,24,28)/t20-/m1/s1. The maximum atomic E-state index is 12.8. The molecule has 2 aromatic carbocycles. The molecule has 3 heterocycles. The van der Waals surface area contributed by atoms with Gasteiger partial charge in [0.15, 0.2) is 5.16 Å². The molecule has 30 heavy (non-hydrogen) atoms. The van der Waals surface area contributed by atoms with E-state index in [2.05, 4.69) is 9.72 Å². The van der Waals surface area contributed by atoms with Crippen LogP contribution in [-0.2, 0) is 11.3 Å². The molecule has 7 heteroatoms. The highest BCUT2D eigenvalue weighted by Crippen LogP contribution is 2.31. The van der Waals surface area contributed by atoms with Gasteiger partial charge in [-0.05, 0) is 42.8 Å². The fourth-order valence-corrected chi connectivity index (χ4v) is 4.60. The first-order valence-electron chi connectivity index (χ1n) is 9.87. The Morgan fingerprint density at radius 1 is 1.07 bits per heavy atom. The lowest BCUT2D eigenvalue weighted by molar-refractivity contribution is -0.120. The number of furan rings is 1. The molecule has 5 aromatic rings. The van der Waals surface area contributed by atoms with E-state index in [-0.39, 0.29) is 11.2 Å². The molecule has 0 aliphatic heterocycles. The number of rotatable bonds is 6. The first-order valence-corrected chi connectivity index (χ1v) is 10.7. The van der Waals surface area contributed by atoms with Crippen molar-refractivity contribution in [1.29, 1.82) is 0 Å². The van der Waals surface area contributed by atoms with Gasteiger partial charge in [0.05, 0.1) is 34.6 Å². The fourth-order valence-electron chi connectivity index (χ4n) is 3.54. The highest BCUT2D eigenvalue weighted by molar-refractivity contribution is 8.00. The summed E-state index contributed by atoms with van der Waals surface area (Å²) in [6.07, 6.45) is 2.28. The molecule has 0 spiro atoms. The number of hydrogen-bond donors (Lipinski definition) is 1. The van der Waals surface area contributed by atoms with Crippen molar-refractivity contribution in [3.8, 4) is 0 Å². The van der Waals surface area contributed by atoms with Crippen LogP contribution in [0.15, 0.2) is 76.5 Å². The molecule has 3 aromatic heterocycles. The minimum Gasteiger partial charge on any atom is -0.467 e. The Balaban J connectivity index is 1.55. The molecule has 0 unspecified atom stereocenters. The quantitative estimate of drug-likeness (QED) is 0.317. The minimum atomic E-state index is -0.280. The van der Waals surface area contributed by atoms with Gasteiger partial charge in [0.1, 0.15) is 11.4 Å². The zero-order valence-electron chi connectivity index (χ0n) is 16.4. The summed E-state index contributed by atoms with van der Waals surface area (Å²) >= 11 is 1.47. The Hall–Kier alpha value is -3.32. The second kappa shape index (κ2) is 7.84. The number of amides is 1. The molecule has 6 nitrogen and oxygen atoms in total. The van der Waals surface area contributed by atoms with Crippen LogP contribution in [0.25, 0.3) is 27.6 Å². The number of hydrogen-bond acceptors (Lipinski definition) is 5. The fraction of sp³-hybridized carbons (Fsp3) is 0.174. The number of nitrogens with zero attached hydrogens (tertiary/aromatic N) is 3. The zero-order chi connectivity index (χ0) is 20.5. The van der Waals surface area contributed by atoms with Gasteiger partial charge in [0, 0.05) is 5.39 Å². The number of aromatic nitrogens is 3. The predicted octanol–water partition coefficient (Wildman–Crippen LogP) is 4.82. The number of imidazole rings is 1. The molecule has 0 aliphatic carbocycles. The molecule has 0 saturated carbocycles. The topological polar surface area (TPSA) is 72.4 Å². The summed E-state index contributed by atoms with van der Waals surface area (Å²) in [6, 6.07) is 19.6. The average molecular weight is 417 g/mol. The molecular formula is C23H20N4O2S. The maximum Gasteiger partial charge on any atom is 0.233 e. The Morgan fingerprint density at radius 3 is 2.67 bits per heavy atom. The normalized spacial score (nSPS) is 12.6. The molecule has 0 saturated heterocycles. The summed E-state index contributed by atoms with van der Waals surface area (Å²) in [6.45, 7) is 2.38. The van der Waals surface area contributed by atoms with Gasteiger partial charge in [-0.2, -0.15) is 0 Å². The van der Waals surface area contributed by atoms with E-state index in [9.17, 15) is 4.79 Å². The Kier molecular flexibility index (Phi) is 4.88. The van der Waals surface area contributed by atoms with E-state index in [1.54, 1.807) is 6.26 Å². The molecule has 5 rings (SSSR count). The maximum absolute atomic E-state index is 12.8. The summed E-state index contributed by atoms with van der Waals surface area (Å²) in [4.78, 5) is 22.6. The van der Waals surface area contributed by atoms with Crippen LogP contribution in [0, 0.1) is 0 Å². The van der Waals surface area contributed by atoms with Gasteiger partial charge in [-0.3, -0.25) is 9.20 Å². The number of para-hydroxylation sites is 3. The van der Waals surface area contributed by atoms with Crippen molar-refractivity contribution in [3.05, 3.63) is 72.7 Å². The van der Waals surface area contributed by atoms with Crippen LogP contribution in [0.4, 0.5) is 0 Å². The Bertz CT molecular complexity index is 1340. The van der Waals surface area contributed by atoms with E-state index in [1.165, 1.54) is 11.8 Å². The monoisotopic (exact) mass is 416 g/mol. The summed E-state index contributed by atoms with van der Waals surface area (Å²) in [5, 5.41) is 4.44. The van der Waals surface area contributed by atoms with E-state index >= 15 is 0 Å². The number of carbonyl (C=O) groups is 1. The first-order chi connectivity index (χ1) is 14.7. The van der Waals surface area contributed by atoms with Crippen molar-refractivity contribution in [2.75, 3.05) is 0 Å². The number of thioether (sulfide) groups is 1. The van der Waals surface area contributed by atoms with Crippen LogP contribution in [-0.4, -0.2) is 25.5 Å². The van der Waals surface area contributed by atoms with Crippen LogP contribution in [0.1, 0.15) is 19.1 Å². The van der Waals surface area contributed by atoms with Crippen LogP contribution in [0.2, 0.25) is 0 Å². The summed E-state index contributed by atoms with van der Waals surface area (Å²) in [5.41, 5.74) is 3.62. The van der Waals surface area contributed by atoms with Crippen LogP contribution in [0.5, 0.6) is 0 Å². The second-order valence-electron chi connectivity index (χ2n) is 6.98. The third-order valence-electron chi connectivity index (χ3n) is 5.04. The van der Waals surface area contributed by atoms with Crippen LogP contribution >= 0.6 is 11.8 Å². The Morgan fingerprint density at radius 2 is 1.87 bits per heavy atom. The molecule has 0 aliphatic rings. The van der Waals surface area contributed by atoms with Gasteiger partial charge in [-0.15, -0.1) is 0 Å². The second-order valence-corrected chi connectivity index (χ2v) is 8.15. The van der Waals surface area contributed by atoms with Crippen molar-refractivity contribution in [3.63, 3.8) is 0 Å². The van der Waals surface area contributed by atoms with Crippen molar-refractivity contribution in [1.82, 2.24) is 19.7 Å². The number of nitrogens with one attached hydrogen (secondary N) is 1. The summed E-state index contributed by atoms with van der Waals surface area (Å²) in [5.74, 6) is 0.696. The lowest BCUT2D eigenvalue weighted by Gasteiger charge is -2.15. The van der Waals surface area contributed by atoms with Gasteiger partial charge >= 0.3 is 0 Å². The van der Waals surface area contributed by atoms with Crippen molar-refractivity contribution >= 4 is 45.3 Å². The SMILES string of the molecule is CC[C@@H](Sc1nc2ccccc2c2nc3ccccc3n12)C(=O)NCc1ccco1. The van der Waals surface area contributed by atoms with Gasteiger partial charge in [0.2, 0.25) is 5.91 Å². The largest absolute Gasteiger partial charge is 0.467 e. The van der Waals surface area contributed by atoms with Gasteiger partial charge < -0.3 is 9.73 Å². The van der Waals surface area contributed by atoms with E-state index < -0.39 is 0 Å². The van der Waals surface area contributed by atoms with Crippen LogP contribution in [0.3, 0.4) is 0 Å². The van der Waals surface area contributed by atoms with Gasteiger partial charge in [-0.25, -0.2) is 9.97 Å². The van der Waals surface area contributed by atoms with E-state index in [4.69, 9.17) is 14.4 Å². The molecule has 1 atom stereocenters. The molecule has 0 fully saturated rings. The van der Waals surface area contributed by atoms with E-state index in [1.807, 2.05) is 67.6 Å². The molecule has 150 valence electrons. The van der Waals surface area contributed by atoms with Gasteiger partial charge in [0.25, 0.3) is 0 Å². The molecule has 0 bridgehead atoms. The van der Waals surface area contributed by atoms with E-state index in [0.29, 0.717) is 13.0 Å². The predicted molar refractivity (Wildman–Crippen MR) is 118 cm³/mol. The lowest BCUT2D eigenvalue weighted by Crippen LogP contribution is -2.32. The molecule has 0 radical (unpaired) electrons. The summed E-state index contributed by atoms with van der Waals surface area (Å²) in [7, 11) is 0. The van der Waals surface area contributed by atoms with Crippen LogP contribution < -0.4 is 5.32 Å². The molecular weight excluding hydrogens is 396 g/mol. The smallest absolute Gasteiger partial charge is 0.233 e. The Labute approximate surface area is 177 Å². The summed E-state index contributed by atoms with van der Waals surface area (Å²) < 4.78 is 7.37. The highest BCUT2D eigenvalue weighted by atomic mass is 32.2. The van der Waals surface area contributed by atoms with Gasteiger partial charge in [-0.1, -0.05) is 43.0 Å². The number of benzene rings is 2. The number of carbonyl (C=O) groups excluding carboxylic acids is 1. The van der Waals surface area contributed by atoms with Crippen molar-refractivity contribution in [2.45, 2.75) is 30.3 Å². The number of fused-ring (bicyclic) bond motifs is 5. The van der Waals surface area contributed by atoms with Crippen molar-refractivity contribution < 1.29 is 9.21 Å². The first kappa shape index (κ1) is 18.7. The third-order valence-corrected chi connectivity index (χ3v) is 6.36. The van der Waals surface area contributed by atoms with Crippen molar-refractivity contribution in [2.24, 2.45) is 0 Å². The lowest BCUT2D eigenvalue weighted by atomic mass is 10.2. The highest BCUT2D eigenvalue weighted by Gasteiger charge is 2.22. The molecule has 1 amide bonds. The molecule has 1 N–H and O–H groups in total. The van der Waals surface area contributed by atoms with E-state index in [0.717, 1.165) is 38.5 Å².